The lowest BCUT2D eigenvalue weighted by Gasteiger charge is -2.56. The Bertz CT molecular complexity index is 1370. The molecule has 3 aromatic carbocycles. The Kier molecular flexibility index (Phi) is 6.94. The minimum atomic E-state index is -4.75. The van der Waals surface area contributed by atoms with Crippen LogP contribution in [0.5, 0.6) is 0 Å². The first kappa shape index (κ1) is 25.9. The van der Waals surface area contributed by atoms with E-state index in [9.17, 15) is 21.6 Å². The van der Waals surface area contributed by atoms with Crippen LogP contribution in [-0.4, -0.2) is 49.3 Å². The minimum absolute atomic E-state index is 0.0899. The van der Waals surface area contributed by atoms with Crippen LogP contribution in [0.4, 0.5) is 13.2 Å². The van der Waals surface area contributed by atoms with Crippen molar-refractivity contribution in [3.8, 4) is 11.1 Å². The molecule has 196 valence electrons. The molecule has 2 heterocycles. The van der Waals surface area contributed by atoms with E-state index >= 15 is 0 Å². The summed E-state index contributed by atoms with van der Waals surface area (Å²) in [5.74, 6) is 0.0974. The van der Waals surface area contributed by atoms with Gasteiger partial charge in [0.05, 0.1) is 10.5 Å². The van der Waals surface area contributed by atoms with E-state index < -0.39 is 26.7 Å². The average molecular weight is 529 g/mol. The van der Waals surface area contributed by atoms with Crippen molar-refractivity contribution in [1.29, 1.82) is 0 Å². The van der Waals surface area contributed by atoms with Crippen LogP contribution in [0.3, 0.4) is 0 Å². The van der Waals surface area contributed by atoms with Gasteiger partial charge in [0.15, 0.2) is 0 Å². The van der Waals surface area contributed by atoms with Gasteiger partial charge in [-0.05, 0) is 62.1 Å². The normalized spacial score (nSPS) is 23.5. The number of benzene rings is 3. The van der Waals surface area contributed by atoms with Crippen molar-refractivity contribution >= 4 is 10.0 Å². The fourth-order valence-electron chi connectivity index (χ4n) is 5.91. The SMILES string of the molecule is Cc1cccc(-c2ccc(C3C(C)N4CCCCN(S(=O)(=O)c5ccccc5C(F)(F)F)CC34)cc2)c1. The lowest BCUT2D eigenvalue weighted by molar-refractivity contribution is -0.139. The van der Waals surface area contributed by atoms with Crippen molar-refractivity contribution in [2.24, 2.45) is 0 Å². The second-order valence-electron chi connectivity index (χ2n) is 10.1. The first-order valence-electron chi connectivity index (χ1n) is 12.7. The van der Waals surface area contributed by atoms with Crippen LogP contribution in [0.2, 0.25) is 0 Å². The van der Waals surface area contributed by atoms with Crippen LogP contribution in [0.25, 0.3) is 11.1 Å². The predicted octanol–water partition coefficient (Wildman–Crippen LogP) is 6.32. The second kappa shape index (κ2) is 9.89. The number of sulfonamides is 1. The zero-order chi connectivity index (χ0) is 26.4. The topological polar surface area (TPSA) is 40.6 Å². The fraction of sp³-hybridized carbons (Fsp3) is 0.379. The van der Waals surface area contributed by atoms with Crippen molar-refractivity contribution in [2.75, 3.05) is 19.6 Å². The van der Waals surface area contributed by atoms with Gasteiger partial charge in [0.25, 0.3) is 0 Å². The van der Waals surface area contributed by atoms with E-state index in [4.69, 9.17) is 0 Å². The molecule has 0 radical (unpaired) electrons. The van der Waals surface area contributed by atoms with E-state index in [1.165, 1.54) is 22.0 Å². The third-order valence-corrected chi connectivity index (χ3v) is 9.73. The number of halogens is 3. The third-order valence-electron chi connectivity index (χ3n) is 7.81. The standard InChI is InChI=1S/C29H31F3N2O2S/c1-20-8-7-9-24(18-20)22-12-14-23(15-13-22)28-21(2)34-17-6-5-16-33(19-26(28)34)37(35,36)27-11-4-3-10-25(27)29(30,31)32/h3-4,7-15,18,21,26,28H,5-6,16-17,19H2,1-2H3. The molecule has 3 aromatic rings. The molecule has 0 N–H and O–H groups in total. The van der Waals surface area contributed by atoms with E-state index in [0.29, 0.717) is 6.42 Å². The Morgan fingerprint density at radius 3 is 2.27 bits per heavy atom. The highest BCUT2D eigenvalue weighted by molar-refractivity contribution is 7.89. The quantitative estimate of drug-likeness (QED) is 0.398. The molecule has 0 aliphatic carbocycles. The fourth-order valence-corrected chi connectivity index (χ4v) is 7.62. The maximum atomic E-state index is 13.7. The molecule has 3 atom stereocenters. The molecule has 0 amide bonds. The number of aryl methyl sites for hydroxylation is 1. The molecule has 2 aliphatic heterocycles. The molecule has 2 fully saturated rings. The molecule has 37 heavy (non-hydrogen) atoms. The summed E-state index contributed by atoms with van der Waals surface area (Å²) >= 11 is 0. The highest BCUT2D eigenvalue weighted by Gasteiger charge is 2.49. The van der Waals surface area contributed by atoms with Gasteiger partial charge in [-0.3, -0.25) is 4.90 Å². The van der Waals surface area contributed by atoms with Crippen molar-refractivity contribution in [3.05, 3.63) is 89.5 Å². The van der Waals surface area contributed by atoms with E-state index in [0.717, 1.165) is 41.8 Å². The van der Waals surface area contributed by atoms with Crippen LogP contribution in [0.15, 0.2) is 77.7 Å². The molecule has 3 unspecified atom stereocenters. The Balaban J connectivity index is 1.43. The molecule has 8 heteroatoms. The van der Waals surface area contributed by atoms with Crippen molar-refractivity contribution < 1.29 is 21.6 Å². The van der Waals surface area contributed by atoms with Gasteiger partial charge in [0.1, 0.15) is 0 Å². The van der Waals surface area contributed by atoms with Gasteiger partial charge in [-0.2, -0.15) is 17.5 Å². The summed E-state index contributed by atoms with van der Waals surface area (Å²) in [5.41, 5.74) is 3.45. The lowest BCUT2D eigenvalue weighted by atomic mass is 9.75. The van der Waals surface area contributed by atoms with Gasteiger partial charge in [-0.1, -0.05) is 66.2 Å². The number of hydrogen-bond acceptors (Lipinski definition) is 3. The Labute approximate surface area is 216 Å². The number of nitrogens with zero attached hydrogens (tertiary/aromatic N) is 2. The van der Waals surface area contributed by atoms with Gasteiger partial charge >= 0.3 is 6.18 Å². The van der Waals surface area contributed by atoms with Crippen molar-refractivity contribution in [3.63, 3.8) is 0 Å². The first-order valence-corrected chi connectivity index (χ1v) is 14.1. The average Bonchev–Trinajstić information content (AvgIpc) is 2.85. The van der Waals surface area contributed by atoms with E-state index in [-0.39, 0.29) is 31.1 Å². The maximum Gasteiger partial charge on any atom is 0.417 e. The summed E-state index contributed by atoms with van der Waals surface area (Å²) in [6.45, 7) is 5.45. The van der Waals surface area contributed by atoms with Crippen molar-refractivity contribution in [1.82, 2.24) is 9.21 Å². The molecular weight excluding hydrogens is 497 g/mol. The van der Waals surface area contributed by atoms with Crippen LogP contribution in [-0.2, 0) is 16.2 Å². The Hall–Kier alpha value is -2.68. The van der Waals surface area contributed by atoms with E-state index in [2.05, 4.69) is 61.2 Å². The van der Waals surface area contributed by atoms with Crippen molar-refractivity contribution in [2.45, 2.75) is 55.8 Å². The van der Waals surface area contributed by atoms with Crippen LogP contribution in [0, 0.1) is 6.92 Å². The first-order chi connectivity index (χ1) is 17.6. The molecule has 4 nitrogen and oxygen atoms in total. The molecule has 2 aliphatic rings. The summed E-state index contributed by atoms with van der Waals surface area (Å²) in [7, 11) is -4.32. The number of fused-ring (bicyclic) bond motifs is 1. The Morgan fingerprint density at radius 2 is 1.57 bits per heavy atom. The summed E-state index contributed by atoms with van der Waals surface area (Å²) in [6, 6.07) is 21.3. The molecule has 0 saturated carbocycles. The monoisotopic (exact) mass is 528 g/mol. The predicted molar refractivity (Wildman–Crippen MR) is 139 cm³/mol. The summed E-state index contributed by atoms with van der Waals surface area (Å²) in [4.78, 5) is 1.64. The van der Waals surface area contributed by atoms with Gasteiger partial charge in [-0.15, -0.1) is 0 Å². The molecular formula is C29H31F3N2O2S. The molecule has 0 spiro atoms. The van der Waals surface area contributed by atoms with Gasteiger partial charge in [0, 0.05) is 31.1 Å². The van der Waals surface area contributed by atoms with E-state index in [1.54, 1.807) is 0 Å². The molecule has 0 aromatic heterocycles. The number of hydrogen-bond donors (Lipinski definition) is 0. The molecule has 5 rings (SSSR count). The zero-order valence-electron chi connectivity index (χ0n) is 20.9. The lowest BCUT2D eigenvalue weighted by Crippen LogP contribution is -2.65. The largest absolute Gasteiger partial charge is 0.417 e. The highest BCUT2D eigenvalue weighted by Crippen LogP contribution is 2.43. The summed E-state index contributed by atoms with van der Waals surface area (Å²) in [6.07, 6.45) is -3.34. The summed E-state index contributed by atoms with van der Waals surface area (Å²) in [5, 5.41) is 0. The minimum Gasteiger partial charge on any atom is -0.295 e. The van der Waals surface area contributed by atoms with Crippen LogP contribution >= 0.6 is 0 Å². The Morgan fingerprint density at radius 1 is 0.865 bits per heavy atom. The van der Waals surface area contributed by atoms with Gasteiger partial charge in [-0.25, -0.2) is 8.42 Å². The molecule has 0 bridgehead atoms. The second-order valence-corrected chi connectivity index (χ2v) is 12.0. The molecule has 2 saturated heterocycles. The van der Waals surface area contributed by atoms with Gasteiger partial charge < -0.3 is 0 Å². The van der Waals surface area contributed by atoms with Crippen LogP contribution in [0.1, 0.15) is 42.4 Å². The van der Waals surface area contributed by atoms with E-state index in [1.807, 2.05) is 6.07 Å². The number of rotatable bonds is 4. The highest BCUT2D eigenvalue weighted by atomic mass is 32.2. The summed E-state index contributed by atoms with van der Waals surface area (Å²) < 4.78 is 69.4. The smallest absolute Gasteiger partial charge is 0.295 e. The third kappa shape index (κ3) is 4.94. The van der Waals surface area contributed by atoms with Gasteiger partial charge in [0.2, 0.25) is 10.0 Å². The maximum absolute atomic E-state index is 13.7. The number of alkyl halides is 3. The zero-order valence-corrected chi connectivity index (χ0v) is 21.8. The van der Waals surface area contributed by atoms with Crippen LogP contribution < -0.4 is 0 Å².